The quantitative estimate of drug-likeness (QED) is 0.0338. The van der Waals surface area contributed by atoms with E-state index in [4.69, 9.17) is 14.0 Å². The SMILES string of the molecule is CCCCCCCCCCCCCCC(CCCCCCCCCCCCCC)CO[C@@H]1O[C@H](COS(=O)(=O)O)[C@H](OS(=O)(=O)O)[C@H](OS(=O)(=O)O)[C@H]1OS(=O)(=O)O. The third kappa shape index (κ3) is 30.4. The third-order valence-corrected chi connectivity index (χ3v) is 11.9. The van der Waals surface area contributed by atoms with Crippen molar-refractivity contribution in [3.05, 3.63) is 0 Å². The predicted octanol–water partition coefficient (Wildman–Crippen LogP) is 7.91. The number of hydrogen-bond acceptors (Lipinski definition) is 14. The third-order valence-electron chi connectivity index (χ3n) is 10.1. The molecule has 0 spiro atoms. The van der Waals surface area contributed by atoms with Crippen molar-refractivity contribution in [2.75, 3.05) is 13.2 Å². The van der Waals surface area contributed by atoms with E-state index in [0.717, 1.165) is 64.2 Å². The summed E-state index contributed by atoms with van der Waals surface area (Å²) in [7, 11) is -22.0. The maximum absolute atomic E-state index is 11.9. The van der Waals surface area contributed by atoms with E-state index in [9.17, 15) is 47.3 Å². The van der Waals surface area contributed by atoms with Gasteiger partial charge in [0.25, 0.3) is 0 Å². The van der Waals surface area contributed by atoms with Gasteiger partial charge in [-0.15, -0.1) is 0 Å². The van der Waals surface area contributed by atoms with Crippen molar-refractivity contribution in [2.45, 2.75) is 211 Å². The average molecular weight is 921 g/mol. The first kappa shape index (κ1) is 55.4. The standard InChI is InChI=1S/C36H72O18S4/c1-3-5-7-9-11-13-15-17-19-21-23-25-27-31(28-26-24-22-20-18-16-14-12-10-8-6-4-2)29-49-36-35(54-58(46,47)48)34(53-57(43,44)45)33(52-56(40,41)42)32(51-36)30-50-55(37,38)39/h31-36H,3-30H2,1-2H3,(H,37,38,39)(H,40,41,42)(H,43,44,45)(H,46,47,48)/t32-,33+,34+,35-,36-/m1/s1. The van der Waals surface area contributed by atoms with E-state index in [1.54, 1.807) is 0 Å². The van der Waals surface area contributed by atoms with Crippen LogP contribution in [0.5, 0.6) is 0 Å². The Bertz CT molecular complexity index is 1460. The van der Waals surface area contributed by atoms with Crippen LogP contribution in [-0.4, -0.2) is 95.8 Å². The summed E-state index contributed by atoms with van der Waals surface area (Å²) in [5.41, 5.74) is 0. The molecule has 0 aromatic carbocycles. The van der Waals surface area contributed by atoms with Crippen LogP contribution in [0.25, 0.3) is 0 Å². The molecule has 4 N–H and O–H groups in total. The lowest BCUT2D eigenvalue weighted by Gasteiger charge is -2.43. The van der Waals surface area contributed by atoms with Crippen molar-refractivity contribution in [3.8, 4) is 0 Å². The summed E-state index contributed by atoms with van der Waals surface area (Å²) in [6.07, 6.45) is 17.3. The minimum Gasteiger partial charge on any atom is -0.350 e. The fourth-order valence-electron chi connectivity index (χ4n) is 7.14. The maximum atomic E-state index is 11.9. The van der Waals surface area contributed by atoms with Crippen LogP contribution in [0.3, 0.4) is 0 Å². The van der Waals surface area contributed by atoms with Gasteiger partial charge in [-0.2, -0.15) is 33.7 Å². The molecule has 0 amide bonds. The highest BCUT2D eigenvalue weighted by Crippen LogP contribution is 2.33. The highest BCUT2D eigenvalue weighted by molar-refractivity contribution is 7.81. The summed E-state index contributed by atoms with van der Waals surface area (Å²) in [5.74, 6) is -0.151. The Labute approximate surface area is 349 Å². The molecule has 348 valence electrons. The zero-order chi connectivity index (χ0) is 43.5. The van der Waals surface area contributed by atoms with Gasteiger partial charge in [0, 0.05) is 0 Å². The zero-order valence-electron chi connectivity index (χ0n) is 34.4. The highest BCUT2D eigenvalue weighted by atomic mass is 32.3. The molecule has 1 heterocycles. The molecule has 0 aliphatic carbocycles. The Morgan fingerprint density at radius 1 is 0.448 bits per heavy atom. The van der Waals surface area contributed by atoms with Crippen LogP contribution in [0, 0.1) is 5.92 Å². The molecule has 5 atom stereocenters. The summed E-state index contributed by atoms with van der Waals surface area (Å²) >= 11 is 0. The minimum absolute atomic E-state index is 0.151. The molecule has 1 aliphatic heterocycles. The van der Waals surface area contributed by atoms with E-state index in [0.29, 0.717) is 12.8 Å². The van der Waals surface area contributed by atoms with E-state index in [1.165, 1.54) is 89.9 Å². The maximum Gasteiger partial charge on any atom is 0.397 e. The van der Waals surface area contributed by atoms with Crippen LogP contribution in [0.4, 0.5) is 0 Å². The van der Waals surface area contributed by atoms with Gasteiger partial charge in [0.2, 0.25) is 0 Å². The largest absolute Gasteiger partial charge is 0.397 e. The molecule has 1 rings (SSSR count). The van der Waals surface area contributed by atoms with Gasteiger partial charge in [-0.1, -0.05) is 168 Å². The van der Waals surface area contributed by atoms with E-state index >= 15 is 0 Å². The molecular formula is C36H72O18S4. The zero-order valence-corrected chi connectivity index (χ0v) is 37.7. The van der Waals surface area contributed by atoms with Gasteiger partial charge >= 0.3 is 41.6 Å². The smallest absolute Gasteiger partial charge is 0.350 e. The fourth-order valence-corrected chi connectivity index (χ4v) is 8.94. The normalized spacial score (nSPS) is 20.9. The molecule has 0 bridgehead atoms. The molecule has 0 radical (unpaired) electrons. The Morgan fingerprint density at radius 3 is 1.12 bits per heavy atom. The van der Waals surface area contributed by atoms with Crippen LogP contribution in [-0.2, 0) is 67.8 Å². The number of unbranched alkanes of at least 4 members (excludes halogenated alkanes) is 22. The van der Waals surface area contributed by atoms with Crippen LogP contribution in [0.15, 0.2) is 0 Å². The summed E-state index contributed by atoms with van der Waals surface area (Å²) in [6, 6.07) is 0. The molecule has 0 aromatic rings. The topological polar surface area (TPSA) is 273 Å². The lowest BCUT2D eigenvalue weighted by molar-refractivity contribution is -0.289. The molecule has 18 nitrogen and oxygen atoms in total. The molecule has 0 saturated carbocycles. The van der Waals surface area contributed by atoms with Crippen molar-refractivity contribution < 1.29 is 78.1 Å². The lowest BCUT2D eigenvalue weighted by atomic mass is 9.94. The Kier molecular flexibility index (Phi) is 29.1. The molecular weight excluding hydrogens is 849 g/mol. The summed E-state index contributed by atoms with van der Waals surface area (Å²) in [5, 5.41) is 0. The number of hydrogen-bond donors (Lipinski definition) is 4. The van der Waals surface area contributed by atoms with E-state index < -0.39 is 78.9 Å². The number of rotatable bonds is 38. The van der Waals surface area contributed by atoms with Crippen LogP contribution in [0.1, 0.15) is 181 Å². The Hall–Kier alpha value is -0.600. The van der Waals surface area contributed by atoms with E-state index in [-0.39, 0.29) is 12.5 Å². The van der Waals surface area contributed by atoms with Crippen molar-refractivity contribution in [3.63, 3.8) is 0 Å². The van der Waals surface area contributed by atoms with Crippen molar-refractivity contribution in [1.29, 1.82) is 0 Å². The second-order valence-corrected chi connectivity index (χ2v) is 19.5. The Morgan fingerprint density at radius 2 is 0.776 bits per heavy atom. The Balaban J connectivity index is 3.06. The molecule has 1 saturated heterocycles. The lowest BCUT2D eigenvalue weighted by Crippen LogP contribution is -2.63. The molecule has 0 aromatic heterocycles. The van der Waals surface area contributed by atoms with Gasteiger partial charge in [-0.25, -0.2) is 16.7 Å². The minimum atomic E-state index is -5.62. The second-order valence-electron chi connectivity index (χ2n) is 15.3. The number of ether oxygens (including phenoxy) is 2. The average Bonchev–Trinajstić information content (AvgIpc) is 3.10. The highest BCUT2D eigenvalue weighted by Gasteiger charge is 2.54. The van der Waals surface area contributed by atoms with Crippen molar-refractivity contribution in [1.82, 2.24) is 0 Å². The van der Waals surface area contributed by atoms with Gasteiger partial charge < -0.3 is 9.47 Å². The van der Waals surface area contributed by atoms with E-state index in [2.05, 4.69) is 30.6 Å². The van der Waals surface area contributed by atoms with Crippen molar-refractivity contribution in [2.24, 2.45) is 5.92 Å². The van der Waals surface area contributed by atoms with Gasteiger partial charge in [-0.05, 0) is 18.8 Å². The first-order valence-corrected chi connectivity index (χ1v) is 26.6. The molecule has 1 aliphatic rings. The predicted molar refractivity (Wildman–Crippen MR) is 216 cm³/mol. The first-order valence-electron chi connectivity index (χ1n) is 21.1. The van der Waals surface area contributed by atoms with Crippen LogP contribution < -0.4 is 0 Å². The van der Waals surface area contributed by atoms with Crippen LogP contribution in [0.2, 0.25) is 0 Å². The summed E-state index contributed by atoms with van der Waals surface area (Å²) in [6.45, 7) is 2.93. The van der Waals surface area contributed by atoms with Crippen LogP contribution >= 0.6 is 0 Å². The van der Waals surface area contributed by atoms with Gasteiger partial charge in [0.1, 0.15) is 18.3 Å². The molecule has 58 heavy (non-hydrogen) atoms. The first-order chi connectivity index (χ1) is 27.2. The van der Waals surface area contributed by atoms with Gasteiger partial charge in [-0.3, -0.25) is 18.2 Å². The van der Waals surface area contributed by atoms with Crippen molar-refractivity contribution >= 4 is 41.6 Å². The van der Waals surface area contributed by atoms with E-state index in [1.807, 2.05) is 0 Å². The monoisotopic (exact) mass is 920 g/mol. The fraction of sp³-hybridized carbons (Fsp3) is 1.00. The molecule has 1 fully saturated rings. The second kappa shape index (κ2) is 30.4. The van der Waals surface area contributed by atoms with Gasteiger partial charge in [0.15, 0.2) is 12.4 Å². The summed E-state index contributed by atoms with van der Waals surface area (Å²) < 4.78 is 161. The molecule has 0 unspecified atom stereocenters. The molecule has 22 heteroatoms. The summed E-state index contributed by atoms with van der Waals surface area (Å²) in [4.78, 5) is 0. The van der Waals surface area contributed by atoms with Gasteiger partial charge in [0.05, 0.1) is 13.2 Å².